The first-order valence-electron chi connectivity index (χ1n) is 6.99. The predicted molar refractivity (Wildman–Crippen MR) is 76.3 cm³/mol. The Labute approximate surface area is 115 Å². The highest BCUT2D eigenvalue weighted by atomic mass is 16.5. The molecule has 19 heavy (non-hydrogen) atoms. The van der Waals surface area contributed by atoms with Crippen LogP contribution >= 0.6 is 0 Å². The van der Waals surface area contributed by atoms with Crippen LogP contribution in [0, 0.1) is 0 Å². The van der Waals surface area contributed by atoms with Gasteiger partial charge in [-0.15, -0.1) is 0 Å². The standard InChI is InChI=1S/C15H24N2O2/c1-18-15-3-2-8-17(12-15)9-10-19-14-6-4-13(11-16)5-7-14/h4-7,15H,2-3,8-12,16H2,1H3. The second kappa shape index (κ2) is 7.48. The fourth-order valence-corrected chi connectivity index (χ4v) is 2.42. The molecule has 0 radical (unpaired) electrons. The Hall–Kier alpha value is -1.10. The van der Waals surface area contributed by atoms with E-state index in [1.165, 1.54) is 12.8 Å². The fourth-order valence-electron chi connectivity index (χ4n) is 2.42. The van der Waals surface area contributed by atoms with Crippen LogP contribution in [-0.4, -0.2) is 44.4 Å². The molecule has 4 heteroatoms. The van der Waals surface area contributed by atoms with Crippen molar-refractivity contribution in [3.8, 4) is 5.75 Å². The zero-order valence-electron chi connectivity index (χ0n) is 11.7. The van der Waals surface area contributed by atoms with Crippen molar-refractivity contribution >= 4 is 0 Å². The monoisotopic (exact) mass is 264 g/mol. The predicted octanol–water partition coefficient (Wildman–Crippen LogP) is 1.63. The van der Waals surface area contributed by atoms with E-state index in [9.17, 15) is 0 Å². The van der Waals surface area contributed by atoms with Gasteiger partial charge in [-0.3, -0.25) is 4.90 Å². The van der Waals surface area contributed by atoms with Gasteiger partial charge in [-0.2, -0.15) is 0 Å². The summed E-state index contributed by atoms with van der Waals surface area (Å²) in [5.74, 6) is 0.914. The van der Waals surface area contributed by atoms with E-state index in [1.807, 2.05) is 24.3 Å². The van der Waals surface area contributed by atoms with Crippen LogP contribution in [0.25, 0.3) is 0 Å². The number of methoxy groups -OCH3 is 1. The van der Waals surface area contributed by atoms with Gasteiger partial charge in [0.15, 0.2) is 0 Å². The molecule has 1 unspecified atom stereocenters. The lowest BCUT2D eigenvalue weighted by Gasteiger charge is -2.31. The second-order valence-electron chi connectivity index (χ2n) is 5.00. The van der Waals surface area contributed by atoms with Crippen molar-refractivity contribution in [3.05, 3.63) is 29.8 Å². The van der Waals surface area contributed by atoms with E-state index in [2.05, 4.69) is 4.90 Å². The zero-order chi connectivity index (χ0) is 13.5. The van der Waals surface area contributed by atoms with Gasteiger partial charge in [0.2, 0.25) is 0 Å². The molecule has 0 aliphatic carbocycles. The topological polar surface area (TPSA) is 47.7 Å². The summed E-state index contributed by atoms with van der Waals surface area (Å²) < 4.78 is 11.2. The molecule has 106 valence electrons. The minimum absolute atomic E-state index is 0.387. The average Bonchev–Trinajstić information content (AvgIpc) is 2.48. The Kier molecular flexibility index (Phi) is 5.63. The zero-order valence-corrected chi connectivity index (χ0v) is 11.7. The number of likely N-dealkylation sites (tertiary alicyclic amines) is 1. The van der Waals surface area contributed by atoms with Gasteiger partial charge in [-0.25, -0.2) is 0 Å². The molecule has 1 aliphatic rings. The summed E-state index contributed by atoms with van der Waals surface area (Å²) in [4.78, 5) is 2.41. The smallest absolute Gasteiger partial charge is 0.119 e. The van der Waals surface area contributed by atoms with Crippen LogP contribution in [0.2, 0.25) is 0 Å². The largest absolute Gasteiger partial charge is 0.492 e. The van der Waals surface area contributed by atoms with Crippen LogP contribution in [0.3, 0.4) is 0 Å². The Morgan fingerprint density at radius 3 is 2.79 bits per heavy atom. The number of piperidine rings is 1. The Morgan fingerprint density at radius 1 is 1.32 bits per heavy atom. The van der Waals surface area contributed by atoms with Gasteiger partial charge in [0, 0.05) is 26.7 Å². The maximum Gasteiger partial charge on any atom is 0.119 e. The average molecular weight is 264 g/mol. The number of nitrogens with two attached hydrogens (primary N) is 1. The lowest BCUT2D eigenvalue weighted by Crippen LogP contribution is -2.41. The van der Waals surface area contributed by atoms with Gasteiger partial charge in [0.25, 0.3) is 0 Å². The minimum atomic E-state index is 0.387. The van der Waals surface area contributed by atoms with Gasteiger partial charge < -0.3 is 15.2 Å². The second-order valence-corrected chi connectivity index (χ2v) is 5.00. The van der Waals surface area contributed by atoms with Crippen molar-refractivity contribution in [2.24, 2.45) is 5.73 Å². The summed E-state index contributed by atoms with van der Waals surface area (Å²) in [5.41, 5.74) is 6.70. The maximum atomic E-state index is 5.75. The molecule has 1 aliphatic heterocycles. The SMILES string of the molecule is COC1CCCN(CCOc2ccc(CN)cc2)C1. The van der Waals surface area contributed by atoms with E-state index < -0.39 is 0 Å². The molecule has 4 nitrogen and oxygen atoms in total. The number of benzene rings is 1. The van der Waals surface area contributed by atoms with Crippen LogP contribution in [0.5, 0.6) is 5.75 Å². The van der Waals surface area contributed by atoms with Gasteiger partial charge >= 0.3 is 0 Å². The summed E-state index contributed by atoms with van der Waals surface area (Å²) in [6.45, 7) is 4.42. The first-order valence-corrected chi connectivity index (χ1v) is 6.99. The van der Waals surface area contributed by atoms with Crippen molar-refractivity contribution in [1.29, 1.82) is 0 Å². The molecule has 1 fully saturated rings. The molecule has 0 saturated carbocycles. The number of hydrogen-bond acceptors (Lipinski definition) is 4. The van der Waals surface area contributed by atoms with E-state index >= 15 is 0 Å². The molecule has 1 atom stereocenters. The molecule has 0 amide bonds. The summed E-state index contributed by atoms with van der Waals surface area (Å²) in [6.07, 6.45) is 2.77. The highest BCUT2D eigenvalue weighted by Crippen LogP contribution is 2.14. The third kappa shape index (κ3) is 4.49. The summed E-state index contributed by atoms with van der Waals surface area (Å²) in [5, 5.41) is 0. The van der Waals surface area contributed by atoms with Crippen LogP contribution in [0.15, 0.2) is 24.3 Å². The van der Waals surface area contributed by atoms with Crippen molar-refractivity contribution in [3.63, 3.8) is 0 Å². The third-order valence-electron chi connectivity index (χ3n) is 3.63. The van der Waals surface area contributed by atoms with Gasteiger partial charge in [0.05, 0.1) is 6.10 Å². The normalized spacial score (nSPS) is 20.4. The summed E-state index contributed by atoms with van der Waals surface area (Å²) >= 11 is 0. The van der Waals surface area contributed by atoms with Crippen LogP contribution in [0.4, 0.5) is 0 Å². The third-order valence-corrected chi connectivity index (χ3v) is 3.63. The molecule has 2 N–H and O–H groups in total. The summed E-state index contributed by atoms with van der Waals surface area (Å²) in [6, 6.07) is 7.99. The molecule has 0 spiro atoms. The fraction of sp³-hybridized carbons (Fsp3) is 0.600. The number of ether oxygens (including phenoxy) is 2. The molecule has 0 bridgehead atoms. The van der Waals surface area contributed by atoms with Crippen molar-refractivity contribution < 1.29 is 9.47 Å². The van der Waals surface area contributed by atoms with E-state index in [4.69, 9.17) is 15.2 Å². The quantitative estimate of drug-likeness (QED) is 0.848. The molecule has 1 aromatic carbocycles. The van der Waals surface area contributed by atoms with Crippen molar-refractivity contribution in [1.82, 2.24) is 4.90 Å². The van der Waals surface area contributed by atoms with Crippen LogP contribution in [0.1, 0.15) is 18.4 Å². The molecule has 2 rings (SSSR count). The highest BCUT2D eigenvalue weighted by molar-refractivity contribution is 5.27. The van der Waals surface area contributed by atoms with Crippen LogP contribution in [-0.2, 0) is 11.3 Å². The minimum Gasteiger partial charge on any atom is -0.492 e. The van der Waals surface area contributed by atoms with Gasteiger partial charge in [-0.05, 0) is 37.1 Å². The van der Waals surface area contributed by atoms with Gasteiger partial charge in [-0.1, -0.05) is 12.1 Å². The Bertz CT molecular complexity index is 367. The van der Waals surface area contributed by atoms with E-state index in [0.29, 0.717) is 12.6 Å². The van der Waals surface area contributed by atoms with E-state index in [0.717, 1.165) is 37.6 Å². The maximum absolute atomic E-state index is 5.75. The van der Waals surface area contributed by atoms with Crippen molar-refractivity contribution in [2.75, 3.05) is 33.4 Å². The molecule has 1 saturated heterocycles. The number of rotatable bonds is 6. The molecular weight excluding hydrogens is 240 g/mol. The lowest BCUT2D eigenvalue weighted by atomic mass is 10.1. The summed E-state index contributed by atoms with van der Waals surface area (Å²) in [7, 11) is 1.80. The molecule has 0 aromatic heterocycles. The number of hydrogen-bond donors (Lipinski definition) is 1. The lowest BCUT2D eigenvalue weighted by molar-refractivity contribution is 0.0272. The molecule has 1 heterocycles. The van der Waals surface area contributed by atoms with Crippen LogP contribution < -0.4 is 10.5 Å². The number of nitrogens with zero attached hydrogens (tertiary/aromatic N) is 1. The first-order chi connectivity index (χ1) is 9.31. The van der Waals surface area contributed by atoms with E-state index in [-0.39, 0.29) is 0 Å². The highest BCUT2D eigenvalue weighted by Gasteiger charge is 2.18. The van der Waals surface area contributed by atoms with Gasteiger partial charge in [0.1, 0.15) is 12.4 Å². The Balaban J connectivity index is 1.70. The van der Waals surface area contributed by atoms with E-state index in [1.54, 1.807) is 7.11 Å². The Morgan fingerprint density at radius 2 is 2.11 bits per heavy atom. The van der Waals surface area contributed by atoms with Crippen molar-refractivity contribution in [2.45, 2.75) is 25.5 Å². The molecule has 1 aromatic rings. The molecular formula is C15H24N2O2. The first kappa shape index (κ1) is 14.3.